The van der Waals surface area contributed by atoms with Gasteiger partial charge in [-0.1, -0.05) is 12.1 Å². The van der Waals surface area contributed by atoms with Crippen LogP contribution in [-0.4, -0.2) is 34.2 Å². The van der Waals surface area contributed by atoms with Crippen molar-refractivity contribution >= 4 is 5.82 Å². The minimum Gasteiger partial charge on any atom is -0.497 e. The van der Waals surface area contributed by atoms with Crippen molar-refractivity contribution in [2.45, 2.75) is 19.9 Å². The third-order valence-corrected chi connectivity index (χ3v) is 5.10. The van der Waals surface area contributed by atoms with Crippen LogP contribution in [0.1, 0.15) is 28.6 Å². The molecule has 0 fully saturated rings. The van der Waals surface area contributed by atoms with Crippen molar-refractivity contribution in [3.8, 4) is 17.3 Å². The monoisotopic (exact) mass is 433 g/mol. The predicted octanol–water partition coefficient (Wildman–Crippen LogP) is 4.64. The van der Waals surface area contributed by atoms with Gasteiger partial charge in [-0.25, -0.2) is 9.07 Å². The van der Waals surface area contributed by atoms with Gasteiger partial charge in [-0.15, -0.1) is 10.2 Å². The molecule has 0 aliphatic carbocycles. The summed E-state index contributed by atoms with van der Waals surface area (Å²) in [6.07, 6.45) is 0. The molecule has 0 aliphatic heterocycles. The Morgan fingerprint density at radius 3 is 2.44 bits per heavy atom. The molecule has 7 nitrogen and oxygen atoms in total. The molecule has 32 heavy (non-hydrogen) atoms. The summed E-state index contributed by atoms with van der Waals surface area (Å²) in [5, 5.41) is 16.4. The molecule has 164 valence electrons. The Balaban J connectivity index is 1.72. The van der Waals surface area contributed by atoms with Crippen molar-refractivity contribution in [1.82, 2.24) is 20.0 Å². The molecule has 1 unspecified atom stereocenters. The Hall–Kier alpha value is -3.94. The van der Waals surface area contributed by atoms with Crippen LogP contribution in [0.2, 0.25) is 0 Å². The largest absolute Gasteiger partial charge is 0.497 e. The first kappa shape index (κ1) is 21.3. The highest BCUT2D eigenvalue weighted by molar-refractivity contribution is 5.50. The normalized spacial score (nSPS) is 11.8. The lowest BCUT2D eigenvalue weighted by Gasteiger charge is -2.23. The van der Waals surface area contributed by atoms with E-state index < -0.39 is 6.04 Å². The highest BCUT2D eigenvalue weighted by Crippen LogP contribution is 2.34. The Labute approximate surface area is 185 Å². The highest BCUT2D eigenvalue weighted by Gasteiger charge is 2.21. The van der Waals surface area contributed by atoms with Crippen molar-refractivity contribution in [3.63, 3.8) is 0 Å². The lowest BCUT2D eigenvalue weighted by molar-refractivity contribution is 0.406. The number of methoxy groups -OCH3 is 2. The number of nitrogens with one attached hydrogen (secondary N) is 1. The number of benzene rings is 2. The van der Waals surface area contributed by atoms with Gasteiger partial charge in [0.15, 0.2) is 5.82 Å². The molecular formula is C24H24FN5O2. The third kappa shape index (κ3) is 4.39. The lowest BCUT2D eigenvalue weighted by atomic mass is 9.97. The number of anilines is 1. The molecule has 0 amide bonds. The molecule has 4 aromatic rings. The van der Waals surface area contributed by atoms with Crippen molar-refractivity contribution in [2.24, 2.45) is 0 Å². The van der Waals surface area contributed by atoms with Crippen molar-refractivity contribution < 1.29 is 13.9 Å². The second kappa shape index (κ2) is 9.05. The fraction of sp³-hybridized carbons (Fsp3) is 0.208. The Morgan fingerprint density at radius 2 is 1.78 bits per heavy atom. The van der Waals surface area contributed by atoms with E-state index in [9.17, 15) is 4.39 Å². The Morgan fingerprint density at radius 1 is 0.938 bits per heavy atom. The van der Waals surface area contributed by atoms with E-state index in [1.165, 1.54) is 12.1 Å². The van der Waals surface area contributed by atoms with Gasteiger partial charge in [0.25, 0.3) is 0 Å². The second-order valence-corrected chi connectivity index (χ2v) is 7.36. The van der Waals surface area contributed by atoms with Crippen LogP contribution in [0.25, 0.3) is 5.82 Å². The van der Waals surface area contributed by atoms with E-state index in [0.29, 0.717) is 28.7 Å². The molecule has 4 rings (SSSR count). The van der Waals surface area contributed by atoms with Crippen molar-refractivity contribution in [3.05, 3.63) is 89.0 Å². The number of ether oxygens (including phenoxy) is 2. The van der Waals surface area contributed by atoms with Gasteiger partial charge in [0.2, 0.25) is 0 Å². The van der Waals surface area contributed by atoms with Crippen LogP contribution in [-0.2, 0) is 0 Å². The van der Waals surface area contributed by atoms with E-state index >= 15 is 0 Å². The summed E-state index contributed by atoms with van der Waals surface area (Å²) in [5.74, 6) is 2.02. The molecule has 0 saturated heterocycles. The highest BCUT2D eigenvalue weighted by atomic mass is 19.1. The summed E-state index contributed by atoms with van der Waals surface area (Å²) in [7, 11) is 3.16. The number of nitrogens with zero attached hydrogens (tertiary/aromatic N) is 4. The zero-order valence-corrected chi connectivity index (χ0v) is 18.3. The van der Waals surface area contributed by atoms with Gasteiger partial charge in [0.05, 0.1) is 26.0 Å². The second-order valence-electron chi connectivity index (χ2n) is 7.36. The smallest absolute Gasteiger partial charge is 0.176 e. The number of hydrogen-bond donors (Lipinski definition) is 1. The number of halogens is 1. The van der Waals surface area contributed by atoms with Crippen LogP contribution in [0, 0.1) is 19.7 Å². The van der Waals surface area contributed by atoms with E-state index in [-0.39, 0.29) is 5.82 Å². The van der Waals surface area contributed by atoms with Crippen molar-refractivity contribution in [2.75, 3.05) is 19.5 Å². The third-order valence-electron chi connectivity index (χ3n) is 5.10. The van der Waals surface area contributed by atoms with Gasteiger partial charge < -0.3 is 14.8 Å². The molecule has 2 aromatic carbocycles. The average Bonchev–Trinajstić information content (AvgIpc) is 3.15. The standard InChI is InChI=1S/C24H24FN5O2/c1-15-12-16(2)30(29-15)23-11-10-22(27-28-23)26-24(17-6-5-7-19(13-17)31-3)20-14-18(25)8-9-21(20)32-4/h5-14,24H,1-4H3,(H,26,27). The van der Waals surface area contributed by atoms with E-state index in [0.717, 1.165) is 17.0 Å². The molecule has 0 saturated carbocycles. The van der Waals surface area contributed by atoms with Crippen LogP contribution < -0.4 is 14.8 Å². The number of aryl methyl sites for hydroxylation is 2. The molecule has 2 aromatic heterocycles. The molecule has 0 bridgehead atoms. The number of hydrogen-bond acceptors (Lipinski definition) is 6. The molecule has 2 heterocycles. The van der Waals surface area contributed by atoms with Gasteiger partial charge in [0, 0.05) is 11.3 Å². The molecule has 8 heteroatoms. The molecule has 0 spiro atoms. The van der Waals surface area contributed by atoms with Crippen LogP contribution in [0.5, 0.6) is 11.5 Å². The fourth-order valence-corrected chi connectivity index (χ4v) is 3.62. The summed E-state index contributed by atoms with van der Waals surface area (Å²) in [6, 6.07) is 17.2. The van der Waals surface area contributed by atoms with Gasteiger partial charge >= 0.3 is 0 Å². The fourth-order valence-electron chi connectivity index (χ4n) is 3.62. The predicted molar refractivity (Wildman–Crippen MR) is 120 cm³/mol. The molecule has 1 N–H and O–H groups in total. The van der Waals surface area contributed by atoms with Crippen LogP contribution in [0.3, 0.4) is 0 Å². The van der Waals surface area contributed by atoms with Crippen LogP contribution in [0.4, 0.5) is 10.2 Å². The van der Waals surface area contributed by atoms with E-state index in [1.807, 2.05) is 56.3 Å². The van der Waals surface area contributed by atoms with Gasteiger partial charge in [-0.2, -0.15) is 5.10 Å². The van der Waals surface area contributed by atoms with E-state index in [1.54, 1.807) is 25.0 Å². The minimum atomic E-state index is -0.454. The summed E-state index contributed by atoms with van der Waals surface area (Å²) in [5.41, 5.74) is 3.36. The van der Waals surface area contributed by atoms with E-state index in [2.05, 4.69) is 20.6 Å². The first-order valence-electron chi connectivity index (χ1n) is 10.1. The molecule has 0 radical (unpaired) electrons. The zero-order valence-electron chi connectivity index (χ0n) is 18.3. The number of rotatable bonds is 7. The Bertz CT molecular complexity index is 1220. The SMILES string of the molecule is COc1cccc(C(Nc2ccc(-n3nc(C)cc3C)nn2)c2cc(F)ccc2OC)c1. The van der Waals surface area contributed by atoms with Gasteiger partial charge in [0.1, 0.15) is 23.1 Å². The first-order chi connectivity index (χ1) is 15.5. The Kier molecular flexibility index (Phi) is 6.02. The summed E-state index contributed by atoms with van der Waals surface area (Å²) < 4.78 is 26.8. The molecule has 0 aliphatic rings. The van der Waals surface area contributed by atoms with Gasteiger partial charge in [-0.3, -0.25) is 0 Å². The lowest BCUT2D eigenvalue weighted by Crippen LogP contribution is -2.15. The summed E-state index contributed by atoms with van der Waals surface area (Å²) in [6.45, 7) is 3.89. The maximum atomic E-state index is 14.2. The van der Waals surface area contributed by atoms with Gasteiger partial charge in [-0.05, 0) is 67.9 Å². The maximum Gasteiger partial charge on any atom is 0.176 e. The zero-order chi connectivity index (χ0) is 22.7. The maximum absolute atomic E-state index is 14.2. The van der Waals surface area contributed by atoms with E-state index in [4.69, 9.17) is 9.47 Å². The minimum absolute atomic E-state index is 0.360. The van der Waals surface area contributed by atoms with Crippen LogP contribution >= 0.6 is 0 Å². The van der Waals surface area contributed by atoms with Crippen molar-refractivity contribution in [1.29, 1.82) is 0 Å². The topological polar surface area (TPSA) is 74.1 Å². The quantitative estimate of drug-likeness (QED) is 0.458. The molecule has 1 atom stereocenters. The summed E-state index contributed by atoms with van der Waals surface area (Å²) >= 11 is 0. The first-order valence-corrected chi connectivity index (χ1v) is 10.1. The molecular weight excluding hydrogens is 409 g/mol. The number of aromatic nitrogens is 4. The van der Waals surface area contributed by atoms with Crippen LogP contribution in [0.15, 0.2) is 60.7 Å². The summed E-state index contributed by atoms with van der Waals surface area (Å²) in [4.78, 5) is 0. The average molecular weight is 433 g/mol.